The van der Waals surface area contributed by atoms with E-state index in [2.05, 4.69) is 5.32 Å². The molecule has 2 aromatic rings. The zero-order valence-corrected chi connectivity index (χ0v) is 15.7. The predicted octanol–water partition coefficient (Wildman–Crippen LogP) is 2.54. The number of nitrogens with one attached hydrogen (secondary N) is 1. The van der Waals surface area contributed by atoms with Gasteiger partial charge in [-0.3, -0.25) is 0 Å². The van der Waals surface area contributed by atoms with Crippen LogP contribution in [0.2, 0.25) is 4.82 Å². The van der Waals surface area contributed by atoms with Crippen LogP contribution in [0.3, 0.4) is 0 Å². The molecular weight excluding hydrogens is 404 g/mol. The first kappa shape index (κ1) is 19.9. The van der Waals surface area contributed by atoms with Gasteiger partial charge in [0.25, 0.3) is 0 Å². The van der Waals surface area contributed by atoms with Crippen molar-refractivity contribution in [3.8, 4) is 0 Å². The average molecular weight is 424 g/mol. The normalized spacial score (nSPS) is 12.8. The standard InChI is InChI=1S/C19H20FNO4Se/c20-12-15(21-19(24)25-13-14-7-3-1-4-8-14)11-17(18(22)23)26-16-9-5-2-6-10-16/h1-10,15,17H,11-13H2,(H,21,24)(H,22,23)/t15?,17-/m0/s1. The Bertz CT molecular complexity index is 699. The molecule has 0 fully saturated rings. The van der Waals surface area contributed by atoms with Gasteiger partial charge in [-0.15, -0.1) is 0 Å². The van der Waals surface area contributed by atoms with Crippen molar-refractivity contribution in [3.63, 3.8) is 0 Å². The molecule has 2 N–H and O–H groups in total. The Balaban J connectivity index is 1.87. The van der Waals surface area contributed by atoms with E-state index in [0.29, 0.717) is 0 Å². The molecule has 0 bridgehead atoms. The number of alkyl carbamates (subject to hydrolysis) is 1. The van der Waals surface area contributed by atoms with E-state index in [4.69, 9.17) is 4.74 Å². The van der Waals surface area contributed by atoms with Gasteiger partial charge >= 0.3 is 157 Å². The third kappa shape index (κ3) is 6.86. The maximum absolute atomic E-state index is 13.3. The molecule has 7 heteroatoms. The van der Waals surface area contributed by atoms with Gasteiger partial charge in [-0.1, -0.05) is 0 Å². The zero-order valence-electron chi connectivity index (χ0n) is 14.0. The van der Waals surface area contributed by atoms with Crippen molar-refractivity contribution in [1.82, 2.24) is 5.32 Å². The van der Waals surface area contributed by atoms with Crippen molar-refractivity contribution in [2.24, 2.45) is 0 Å². The second-order valence-corrected chi connectivity index (χ2v) is 8.23. The summed E-state index contributed by atoms with van der Waals surface area (Å²) < 4.78 is 19.3. The molecule has 2 rings (SSSR count). The number of ether oxygens (including phenoxy) is 1. The molecule has 0 aliphatic heterocycles. The first-order valence-corrected chi connectivity index (χ1v) is 9.90. The zero-order chi connectivity index (χ0) is 18.8. The predicted molar refractivity (Wildman–Crippen MR) is 97.4 cm³/mol. The molecular formula is C19H20FNO4Se. The van der Waals surface area contributed by atoms with Crippen molar-refractivity contribution < 1.29 is 23.8 Å². The number of alkyl halides is 1. The van der Waals surface area contributed by atoms with Gasteiger partial charge in [-0.25, -0.2) is 0 Å². The number of carboxylic acids is 1. The van der Waals surface area contributed by atoms with Gasteiger partial charge in [0.2, 0.25) is 0 Å². The number of aliphatic carboxylic acids is 1. The number of carbonyl (C=O) groups excluding carboxylic acids is 1. The molecule has 26 heavy (non-hydrogen) atoms. The summed E-state index contributed by atoms with van der Waals surface area (Å²) >= 11 is -0.365. The van der Waals surface area contributed by atoms with Crippen molar-refractivity contribution in [2.45, 2.75) is 23.9 Å². The number of carboxylic acid groups (broad SMARTS) is 1. The van der Waals surface area contributed by atoms with Gasteiger partial charge in [-0.05, 0) is 0 Å². The molecule has 0 radical (unpaired) electrons. The number of hydrogen-bond donors (Lipinski definition) is 2. The van der Waals surface area contributed by atoms with Crippen LogP contribution in [-0.4, -0.2) is 44.8 Å². The van der Waals surface area contributed by atoms with Crippen LogP contribution in [0.15, 0.2) is 60.7 Å². The Morgan fingerprint density at radius 1 is 1.08 bits per heavy atom. The summed E-state index contributed by atoms with van der Waals surface area (Å²) in [5, 5.41) is 11.8. The summed E-state index contributed by atoms with van der Waals surface area (Å²) in [6.45, 7) is -0.781. The van der Waals surface area contributed by atoms with Gasteiger partial charge in [0.15, 0.2) is 0 Å². The quantitative estimate of drug-likeness (QED) is 0.607. The minimum atomic E-state index is -0.994. The molecule has 1 unspecified atom stereocenters. The topological polar surface area (TPSA) is 75.6 Å². The molecule has 5 nitrogen and oxygen atoms in total. The summed E-state index contributed by atoms with van der Waals surface area (Å²) in [5.41, 5.74) is 0.815. The van der Waals surface area contributed by atoms with Crippen LogP contribution in [0.4, 0.5) is 9.18 Å². The number of carbonyl (C=O) groups is 2. The van der Waals surface area contributed by atoms with Gasteiger partial charge < -0.3 is 0 Å². The fourth-order valence-corrected chi connectivity index (χ4v) is 4.46. The van der Waals surface area contributed by atoms with Crippen molar-refractivity contribution in [1.29, 1.82) is 0 Å². The molecule has 138 valence electrons. The fraction of sp³-hybridized carbons (Fsp3) is 0.263. The van der Waals surface area contributed by atoms with E-state index in [1.165, 1.54) is 0 Å². The van der Waals surface area contributed by atoms with Crippen LogP contribution in [-0.2, 0) is 16.1 Å². The van der Waals surface area contributed by atoms with E-state index in [9.17, 15) is 19.1 Å². The second-order valence-electron chi connectivity index (χ2n) is 5.55. The Morgan fingerprint density at radius 3 is 2.27 bits per heavy atom. The molecule has 0 aliphatic rings. The number of halogens is 1. The van der Waals surface area contributed by atoms with E-state index in [-0.39, 0.29) is 28.0 Å². The van der Waals surface area contributed by atoms with Crippen LogP contribution in [0, 0.1) is 0 Å². The molecule has 2 atom stereocenters. The second kappa shape index (κ2) is 10.6. The van der Waals surface area contributed by atoms with E-state index >= 15 is 0 Å². The SMILES string of the molecule is O=C(NC(CF)C[C@H]([Se]c1ccccc1)C(=O)O)OCc1ccccc1. The van der Waals surface area contributed by atoms with Crippen LogP contribution < -0.4 is 9.78 Å². The molecule has 2 aromatic carbocycles. The molecule has 0 spiro atoms. The van der Waals surface area contributed by atoms with Crippen LogP contribution in [0.5, 0.6) is 0 Å². The third-order valence-electron chi connectivity index (χ3n) is 3.52. The molecule has 0 aromatic heterocycles. The first-order valence-electron chi connectivity index (χ1n) is 8.06. The Hall–Kier alpha value is -2.37. The number of benzene rings is 2. The number of rotatable bonds is 9. The Kier molecular flexibility index (Phi) is 8.12. The summed E-state index contributed by atoms with van der Waals surface area (Å²) in [5.74, 6) is -0.994. The van der Waals surface area contributed by atoms with Crippen molar-refractivity contribution in [3.05, 3.63) is 66.2 Å². The summed E-state index contributed by atoms with van der Waals surface area (Å²) in [6.07, 6.45) is -0.742. The summed E-state index contributed by atoms with van der Waals surface area (Å²) in [6, 6.07) is 17.4. The minimum absolute atomic E-state index is 0.0150. The molecule has 1 amide bonds. The maximum atomic E-state index is 13.3. The molecule has 0 saturated heterocycles. The third-order valence-corrected chi connectivity index (χ3v) is 6.08. The monoisotopic (exact) mass is 425 g/mol. The van der Waals surface area contributed by atoms with Gasteiger partial charge in [-0.2, -0.15) is 0 Å². The van der Waals surface area contributed by atoms with Crippen molar-refractivity contribution in [2.75, 3.05) is 6.67 Å². The summed E-state index contributed by atoms with van der Waals surface area (Å²) in [7, 11) is 0. The Morgan fingerprint density at radius 2 is 1.69 bits per heavy atom. The average Bonchev–Trinajstić information content (AvgIpc) is 2.66. The van der Waals surface area contributed by atoms with Crippen LogP contribution in [0.25, 0.3) is 0 Å². The number of hydrogen-bond acceptors (Lipinski definition) is 3. The van der Waals surface area contributed by atoms with Crippen LogP contribution in [0.1, 0.15) is 12.0 Å². The molecule has 0 saturated carbocycles. The van der Waals surface area contributed by atoms with E-state index in [1.54, 1.807) is 0 Å². The van der Waals surface area contributed by atoms with Crippen molar-refractivity contribution >= 4 is 31.5 Å². The van der Waals surface area contributed by atoms with E-state index in [0.717, 1.165) is 10.0 Å². The summed E-state index contributed by atoms with van der Waals surface area (Å²) in [4.78, 5) is 22.6. The van der Waals surface area contributed by atoms with Crippen LogP contribution >= 0.6 is 0 Å². The number of amides is 1. The molecule has 0 aliphatic carbocycles. The molecule has 0 heterocycles. The first-order chi connectivity index (χ1) is 12.6. The fourth-order valence-electron chi connectivity index (χ4n) is 2.21. The Labute approximate surface area is 157 Å². The van der Waals surface area contributed by atoms with E-state index < -0.39 is 29.6 Å². The van der Waals surface area contributed by atoms with E-state index in [1.807, 2.05) is 60.7 Å². The van der Waals surface area contributed by atoms with Gasteiger partial charge in [0, 0.05) is 0 Å². The van der Waals surface area contributed by atoms with Gasteiger partial charge in [0.1, 0.15) is 0 Å². The van der Waals surface area contributed by atoms with Gasteiger partial charge in [0.05, 0.1) is 0 Å².